The molecule has 1 saturated heterocycles. The van der Waals surface area contributed by atoms with E-state index in [0.29, 0.717) is 6.61 Å². The van der Waals surface area contributed by atoms with Crippen LogP contribution in [-0.4, -0.2) is 40.7 Å². The largest absolute Gasteiger partial charge is 0.573 e. The normalized spacial score (nSPS) is 17.0. The maximum atomic E-state index is 12.3. The van der Waals surface area contributed by atoms with Gasteiger partial charge in [-0.05, 0) is 44.0 Å². The first-order chi connectivity index (χ1) is 10.6. The van der Waals surface area contributed by atoms with E-state index in [-0.39, 0.29) is 16.6 Å². The zero-order chi connectivity index (χ0) is 17.1. The summed E-state index contributed by atoms with van der Waals surface area (Å²) in [5.41, 5.74) is 0. The van der Waals surface area contributed by atoms with E-state index in [1.54, 1.807) is 0 Å². The zero-order valence-electron chi connectivity index (χ0n) is 12.5. The minimum atomic E-state index is -4.88. The molecule has 23 heavy (non-hydrogen) atoms. The summed E-state index contributed by atoms with van der Waals surface area (Å²) in [6, 6.07) is 3.07. The first-order valence-corrected chi connectivity index (χ1v) is 8.97. The fourth-order valence-corrected chi connectivity index (χ4v) is 3.17. The van der Waals surface area contributed by atoms with E-state index in [1.807, 2.05) is 0 Å². The number of sulfone groups is 1. The van der Waals surface area contributed by atoms with Crippen LogP contribution in [0, 0.1) is 5.92 Å². The Hall–Kier alpha value is -1.48. The molecule has 130 valence electrons. The second kappa shape index (κ2) is 6.96. The van der Waals surface area contributed by atoms with Crippen LogP contribution < -0.4 is 14.8 Å². The Bertz CT molecular complexity index is 640. The number of rotatable bonds is 5. The topological polar surface area (TPSA) is 64.6 Å². The Balaban J connectivity index is 2.17. The summed E-state index contributed by atoms with van der Waals surface area (Å²) in [6.45, 7) is 2.06. The Morgan fingerprint density at radius 3 is 2.48 bits per heavy atom. The third kappa shape index (κ3) is 5.58. The van der Waals surface area contributed by atoms with Crippen LogP contribution in [0.1, 0.15) is 12.8 Å². The van der Waals surface area contributed by atoms with E-state index >= 15 is 0 Å². The van der Waals surface area contributed by atoms with Crippen molar-refractivity contribution in [3.05, 3.63) is 18.2 Å². The molecule has 1 aromatic rings. The Kier molecular flexibility index (Phi) is 5.41. The van der Waals surface area contributed by atoms with Gasteiger partial charge in [-0.2, -0.15) is 0 Å². The van der Waals surface area contributed by atoms with Gasteiger partial charge in [-0.15, -0.1) is 13.2 Å². The van der Waals surface area contributed by atoms with Crippen molar-refractivity contribution in [2.45, 2.75) is 24.1 Å². The molecule has 0 aromatic heterocycles. The molecule has 5 nitrogen and oxygen atoms in total. The maximum Gasteiger partial charge on any atom is 0.573 e. The molecule has 0 saturated carbocycles. The summed E-state index contributed by atoms with van der Waals surface area (Å²) in [7, 11) is -3.75. The van der Waals surface area contributed by atoms with Gasteiger partial charge in [0.1, 0.15) is 16.4 Å². The van der Waals surface area contributed by atoms with Crippen molar-refractivity contribution in [1.82, 2.24) is 5.32 Å². The molecule has 0 aliphatic carbocycles. The van der Waals surface area contributed by atoms with Crippen LogP contribution >= 0.6 is 0 Å². The number of piperidine rings is 1. The van der Waals surface area contributed by atoms with Crippen molar-refractivity contribution in [1.29, 1.82) is 0 Å². The molecular formula is C14H18F3NO4S. The van der Waals surface area contributed by atoms with Gasteiger partial charge in [0.15, 0.2) is 9.84 Å². The predicted molar refractivity (Wildman–Crippen MR) is 77.3 cm³/mol. The van der Waals surface area contributed by atoms with Crippen molar-refractivity contribution in [3.8, 4) is 11.5 Å². The van der Waals surface area contributed by atoms with Crippen LogP contribution in [0.15, 0.2) is 23.1 Å². The summed E-state index contributed by atoms with van der Waals surface area (Å²) in [5, 5.41) is 3.20. The standard InChI is InChI=1S/C14H18F3NO4S/c1-23(19,20)13-8-11(22-14(15,16)17)2-3-12(13)21-9-10-4-6-18-7-5-10/h2-3,8,10,18H,4-7,9H2,1H3. The molecule has 1 aromatic carbocycles. The van der Waals surface area contributed by atoms with E-state index in [0.717, 1.165) is 44.3 Å². The van der Waals surface area contributed by atoms with Crippen LogP contribution in [0.2, 0.25) is 0 Å². The van der Waals surface area contributed by atoms with Gasteiger partial charge in [-0.1, -0.05) is 0 Å². The van der Waals surface area contributed by atoms with Gasteiger partial charge in [-0.25, -0.2) is 8.42 Å². The molecule has 1 heterocycles. The van der Waals surface area contributed by atoms with Gasteiger partial charge < -0.3 is 14.8 Å². The third-order valence-electron chi connectivity index (χ3n) is 3.48. The Labute approximate surface area is 132 Å². The van der Waals surface area contributed by atoms with Crippen molar-refractivity contribution >= 4 is 9.84 Å². The number of alkyl halides is 3. The Morgan fingerprint density at radius 2 is 1.91 bits per heavy atom. The fraction of sp³-hybridized carbons (Fsp3) is 0.571. The predicted octanol–water partition coefficient (Wildman–Crippen LogP) is 2.37. The first kappa shape index (κ1) is 17.9. The van der Waals surface area contributed by atoms with E-state index in [9.17, 15) is 21.6 Å². The Morgan fingerprint density at radius 1 is 1.26 bits per heavy atom. The highest BCUT2D eigenvalue weighted by molar-refractivity contribution is 7.90. The number of hydrogen-bond acceptors (Lipinski definition) is 5. The van der Waals surface area contributed by atoms with Crippen LogP contribution in [0.5, 0.6) is 11.5 Å². The molecule has 0 radical (unpaired) electrons. The van der Waals surface area contributed by atoms with E-state index in [4.69, 9.17) is 4.74 Å². The zero-order valence-corrected chi connectivity index (χ0v) is 13.3. The van der Waals surface area contributed by atoms with Crippen molar-refractivity contribution < 1.29 is 31.1 Å². The van der Waals surface area contributed by atoms with Crippen LogP contribution in [0.3, 0.4) is 0 Å². The average Bonchev–Trinajstić information content (AvgIpc) is 2.44. The van der Waals surface area contributed by atoms with Crippen molar-refractivity contribution in [2.75, 3.05) is 26.0 Å². The second-order valence-corrected chi connectivity index (χ2v) is 7.42. The molecule has 1 fully saturated rings. The molecule has 2 rings (SSSR count). The highest BCUT2D eigenvalue weighted by Crippen LogP contribution is 2.32. The van der Waals surface area contributed by atoms with Crippen molar-refractivity contribution in [2.24, 2.45) is 5.92 Å². The summed E-state index contributed by atoms with van der Waals surface area (Å²) in [4.78, 5) is -0.312. The van der Waals surface area contributed by atoms with Crippen LogP contribution in [0.4, 0.5) is 13.2 Å². The van der Waals surface area contributed by atoms with E-state index in [2.05, 4.69) is 10.1 Å². The van der Waals surface area contributed by atoms with Gasteiger partial charge >= 0.3 is 6.36 Å². The minimum absolute atomic E-state index is 0.0422. The highest BCUT2D eigenvalue weighted by Gasteiger charge is 2.32. The molecule has 0 unspecified atom stereocenters. The summed E-state index contributed by atoms with van der Waals surface area (Å²) in [5.74, 6) is -0.262. The lowest BCUT2D eigenvalue weighted by atomic mass is 9.99. The number of halogens is 3. The van der Waals surface area contributed by atoms with Crippen molar-refractivity contribution in [3.63, 3.8) is 0 Å². The van der Waals surface area contributed by atoms with Gasteiger partial charge in [0.05, 0.1) is 6.61 Å². The van der Waals surface area contributed by atoms with Gasteiger partial charge in [-0.3, -0.25) is 0 Å². The lowest BCUT2D eigenvalue weighted by molar-refractivity contribution is -0.274. The SMILES string of the molecule is CS(=O)(=O)c1cc(OC(F)(F)F)ccc1OCC1CCNCC1. The maximum absolute atomic E-state index is 12.3. The average molecular weight is 353 g/mol. The monoisotopic (exact) mass is 353 g/mol. The fourth-order valence-electron chi connectivity index (χ4n) is 2.35. The van der Waals surface area contributed by atoms with Gasteiger partial charge in [0.25, 0.3) is 0 Å². The summed E-state index contributed by atoms with van der Waals surface area (Å²) in [6.07, 6.45) is -2.16. The molecule has 0 atom stereocenters. The number of ether oxygens (including phenoxy) is 2. The minimum Gasteiger partial charge on any atom is -0.492 e. The molecular weight excluding hydrogens is 335 g/mol. The number of benzene rings is 1. The lowest BCUT2D eigenvalue weighted by Gasteiger charge is -2.23. The lowest BCUT2D eigenvalue weighted by Crippen LogP contribution is -2.30. The second-order valence-electron chi connectivity index (χ2n) is 5.43. The number of nitrogens with one attached hydrogen (secondary N) is 1. The molecule has 1 aliphatic heterocycles. The molecule has 1 N–H and O–H groups in total. The molecule has 0 amide bonds. The molecule has 0 bridgehead atoms. The highest BCUT2D eigenvalue weighted by atomic mass is 32.2. The molecule has 9 heteroatoms. The quantitative estimate of drug-likeness (QED) is 0.880. The van der Waals surface area contributed by atoms with Crippen LogP contribution in [-0.2, 0) is 9.84 Å². The van der Waals surface area contributed by atoms with Crippen LogP contribution in [0.25, 0.3) is 0 Å². The number of hydrogen-bond donors (Lipinski definition) is 1. The molecule has 1 aliphatic rings. The summed E-state index contributed by atoms with van der Waals surface area (Å²) >= 11 is 0. The molecule has 0 spiro atoms. The van der Waals surface area contributed by atoms with E-state index < -0.39 is 21.9 Å². The van der Waals surface area contributed by atoms with Gasteiger partial charge in [0.2, 0.25) is 0 Å². The summed E-state index contributed by atoms with van der Waals surface area (Å²) < 4.78 is 69.7. The van der Waals surface area contributed by atoms with Gasteiger partial charge in [0, 0.05) is 12.3 Å². The third-order valence-corrected chi connectivity index (χ3v) is 4.60. The smallest absolute Gasteiger partial charge is 0.492 e. The van der Waals surface area contributed by atoms with E-state index in [1.165, 1.54) is 6.07 Å². The first-order valence-electron chi connectivity index (χ1n) is 7.08.